The van der Waals surface area contributed by atoms with Gasteiger partial charge in [-0.2, -0.15) is 0 Å². The zero-order valence-corrected chi connectivity index (χ0v) is 9.50. The molecular weight excluding hydrogens is 228 g/mol. The van der Waals surface area contributed by atoms with Gasteiger partial charge in [-0.3, -0.25) is 4.79 Å². The molecule has 4 heteroatoms. The summed E-state index contributed by atoms with van der Waals surface area (Å²) < 4.78 is 0. The second kappa shape index (κ2) is 3.98. The summed E-state index contributed by atoms with van der Waals surface area (Å²) in [6, 6.07) is 4.89. The van der Waals surface area contributed by atoms with E-state index in [1.54, 1.807) is 18.2 Å². The fourth-order valence-corrected chi connectivity index (χ4v) is 2.65. The highest BCUT2D eigenvalue weighted by Crippen LogP contribution is 2.46. The second-order valence-corrected chi connectivity index (χ2v) is 4.64. The van der Waals surface area contributed by atoms with Gasteiger partial charge in [-0.15, -0.1) is 0 Å². The number of rotatable bonds is 2. The summed E-state index contributed by atoms with van der Waals surface area (Å²) in [5, 5.41) is 19.5. The van der Waals surface area contributed by atoms with Gasteiger partial charge in [0.2, 0.25) is 0 Å². The molecule has 2 rings (SSSR count). The van der Waals surface area contributed by atoms with Crippen LogP contribution in [0.2, 0.25) is 5.02 Å². The molecule has 0 heterocycles. The smallest absolute Gasteiger partial charge is 0.314 e. The number of phenolic OH excluding ortho intramolecular Hbond substituents is 1. The average Bonchev–Trinajstić information content (AvgIpc) is 2.72. The third-order valence-corrected chi connectivity index (χ3v) is 3.67. The van der Waals surface area contributed by atoms with Gasteiger partial charge in [0.1, 0.15) is 5.75 Å². The molecule has 0 aliphatic heterocycles. The van der Waals surface area contributed by atoms with Crippen molar-refractivity contribution in [3.05, 3.63) is 28.8 Å². The summed E-state index contributed by atoms with van der Waals surface area (Å²) in [5.41, 5.74) is -0.500. The maximum absolute atomic E-state index is 11.4. The first-order valence-electron chi connectivity index (χ1n) is 5.29. The minimum absolute atomic E-state index is 0.0894. The molecular formula is C12H13ClO3. The fourth-order valence-electron chi connectivity index (χ4n) is 2.48. The van der Waals surface area contributed by atoms with E-state index in [1.807, 2.05) is 0 Å². The first kappa shape index (κ1) is 11.3. The number of aromatic hydroxyl groups is 1. The minimum atomic E-state index is -0.949. The lowest BCUT2D eigenvalue weighted by molar-refractivity contribution is -0.143. The van der Waals surface area contributed by atoms with E-state index in [2.05, 4.69) is 0 Å². The van der Waals surface area contributed by atoms with Crippen LogP contribution in [-0.2, 0) is 10.2 Å². The van der Waals surface area contributed by atoms with Gasteiger partial charge in [-0.1, -0.05) is 36.6 Å². The minimum Gasteiger partial charge on any atom is -0.506 e. The number of halogens is 1. The average molecular weight is 241 g/mol. The van der Waals surface area contributed by atoms with Gasteiger partial charge < -0.3 is 10.2 Å². The highest BCUT2D eigenvalue weighted by molar-refractivity contribution is 6.32. The molecule has 86 valence electrons. The number of phenols is 1. The van der Waals surface area contributed by atoms with E-state index in [-0.39, 0.29) is 10.8 Å². The van der Waals surface area contributed by atoms with Gasteiger partial charge in [0, 0.05) is 5.56 Å². The Morgan fingerprint density at radius 3 is 2.50 bits per heavy atom. The van der Waals surface area contributed by atoms with E-state index in [4.69, 9.17) is 11.6 Å². The number of carboxylic acid groups (broad SMARTS) is 1. The van der Waals surface area contributed by atoms with E-state index in [1.165, 1.54) is 0 Å². The maximum Gasteiger partial charge on any atom is 0.314 e. The number of carboxylic acids is 1. The van der Waals surface area contributed by atoms with Gasteiger partial charge in [0.25, 0.3) is 0 Å². The maximum atomic E-state index is 11.4. The highest BCUT2D eigenvalue weighted by atomic mass is 35.5. The molecule has 1 aromatic rings. The SMILES string of the molecule is O=C(O)C1(c2cccc(Cl)c2O)CCCC1. The Bertz CT molecular complexity index is 422. The first-order chi connectivity index (χ1) is 7.58. The lowest BCUT2D eigenvalue weighted by Crippen LogP contribution is -2.32. The Labute approximate surface area is 98.7 Å². The Hall–Kier alpha value is -1.22. The number of benzene rings is 1. The van der Waals surface area contributed by atoms with Crippen LogP contribution < -0.4 is 0 Å². The molecule has 1 aliphatic carbocycles. The van der Waals surface area contributed by atoms with Crippen molar-refractivity contribution < 1.29 is 15.0 Å². The number of hydrogen-bond donors (Lipinski definition) is 2. The van der Waals surface area contributed by atoms with Crippen molar-refractivity contribution >= 4 is 17.6 Å². The Morgan fingerprint density at radius 1 is 1.31 bits per heavy atom. The van der Waals surface area contributed by atoms with E-state index >= 15 is 0 Å². The third-order valence-electron chi connectivity index (χ3n) is 3.37. The summed E-state index contributed by atoms with van der Waals surface area (Å²) in [4.78, 5) is 11.4. The van der Waals surface area contributed by atoms with Crippen molar-refractivity contribution in [1.29, 1.82) is 0 Å². The quantitative estimate of drug-likeness (QED) is 0.836. The zero-order valence-electron chi connectivity index (χ0n) is 8.74. The molecule has 0 aromatic heterocycles. The van der Waals surface area contributed by atoms with E-state index in [9.17, 15) is 15.0 Å². The lowest BCUT2D eigenvalue weighted by Gasteiger charge is -2.25. The van der Waals surface area contributed by atoms with Crippen molar-refractivity contribution in [2.75, 3.05) is 0 Å². The van der Waals surface area contributed by atoms with Gasteiger partial charge in [-0.25, -0.2) is 0 Å². The molecule has 1 aliphatic rings. The molecule has 1 fully saturated rings. The van der Waals surface area contributed by atoms with Crippen molar-refractivity contribution in [2.24, 2.45) is 0 Å². The summed E-state index contributed by atoms with van der Waals surface area (Å²) in [5.74, 6) is -0.962. The van der Waals surface area contributed by atoms with Crippen molar-refractivity contribution in [3.8, 4) is 5.75 Å². The van der Waals surface area contributed by atoms with Gasteiger partial charge >= 0.3 is 5.97 Å². The first-order valence-corrected chi connectivity index (χ1v) is 5.67. The predicted octanol–water partition coefficient (Wildman–Crippen LogP) is 2.94. The van der Waals surface area contributed by atoms with Crippen LogP contribution in [0.5, 0.6) is 5.75 Å². The molecule has 0 amide bonds. The van der Waals surface area contributed by atoms with Gasteiger partial charge in [-0.05, 0) is 18.9 Å². The van der Waals surface area contributed by atoms with E-state index in [0.717, 1.165) is 12.8 Å². The molecule has 3 nitrogen and oxygen atoms in total. The van der Waals surface area contributed by atoms with E-state index < -0.39 is 11.4 Å². The molecule has 0 spiro atoms. The highest BCUT2D eigenvalue weighted by Gasteiger charge is 2.44. The van der Waals surface area contributed by atoms with Gasteiger partial charge in [0.15, 0.2) is 0 Å². The molecule has 2 N–H and O–H groups in total. The lowest BCUT2D eigenvalue weighted by atomic mass is 9.78. The van der Waals surface area contributed by atoms with Crippen LogP contribution in [0.15, 0.2) is 18.2 Å². The fraction of sp³-hybridized carbons (Fsp3) is 0.417. The molecule has 0 saturated heterocycles. The molecule has 1 aromatic carbocycles. The van der Waals surface area contributed by atoms with Crippen LogP contribution in [0.4, 0.5) is 0 Å². The van der Waals surface area contributed by atoms with Crippen LogP contribution in [0, 0.1) is 0 Å². The van der Waals surface area contributed by atoms with Crippen LogP contribution in [0.25, 0.3) is 0 Å². The standard InChI is InChI=1S/C12H13ClO3/c13-9-5-3-4-8(10(9)14)12(11(15)16)6-1-2-7-12/h3-5,14H,1-2,6-7H2,(H,15,16). The molecule has 16 heavy (non-hydrogen) atoms. The van der Waals surface area contributed by atoms with Gasteiger partial charge in [0.05, 0.1) is 10.4 Å². The van der Waals surface area contributed by atoms with Crippen molar-refractivity contribution in [3.63, 3.8) is 0 Å². The molecule has 1 saturated carbocycles. The van der Waals surface area contributed by atoms with Crippen LogP contribution in [0.3, 0.4) is 0 Å². The molecule has 0 radical (unpaired) electrons. The summed E-state index contributed by atoms with van der Waals surface area (Å²) >= 11 is 5.82. The topological polar surface area (TPSA) is 57.5 Å². The number of aliphatic carboxylic acids is 1. The van der Waals surface area contributed by atoms with Crippen LogP contribution >= 0.6 is 11.6 Å². The Morgan fingerprint density at radius 2 is 1.94 bits per heavy atom. The summed E-state index contributed by atoms with van der Waals surface area (Å²) in [6.45, 7) is 0. The predicted molar refractivity (Wildman–Crippen MR) is 60.9 cm³/mol. The number of carbonyl (C=O) groups is 1. The second-order valence-electron chi connectivity index (χ2n) is 4.23. The monoisotopic (exact) mass is 240 g/mol. The summed E-state index contributed by atoms with van der Waals surface area (Å²) in [7, 11) is 0. The Balaban J connectivity index is 2.56. The zero-order chi connectivity index (χ0) is 11.8. The largest absolute Gasteiger partial charge is 0.506 e. The van der Waals surface area contributed by atoms with E-state index in [0.29, 0.717) is 18.4 Å². The third kappa shape index (κ3) is 1.55. The van der Waals surface area contributed by atoms with Crippen molar-refractivity contribution in [1.82, 2.24) is 0 Å². The number of para-hydroxylation sites is 1. The molecule has 0 unspecified atom stereocenters. The molecule has 0 atom stereocenters. The van der Waals surface area contributed by atoms with Crippen LogP contribution in [-0.4, -0.2) is 16.2 Å². The Kier molecular flexibility index (Phi) is 2.80. The van der Waals surface area contributed by atoms with Crippen LogP contribution in [0.1, 0.15) is 31.2 Å². The van der Waals surface area contributed by atoms with Crippen molar-refractivity contribution in [2.45, 2.75) is 31.1 Å². The molecule has 0 bridgehead atoms. The normalized spacial score (nSPS) is 18.6. The number of hydrogen-bond acceptors (Lipinski definition) is 2. The summed E-state index contributed by atoms with van der Waals surface area (Å²) in [6.07, 6.45) is 2.88.